The summed E-state index contributed by atoms with van der Waals surface area (Å²) >= 11 is 3.26. The predicted molar refractivity (Wildman–Crippen MR) is 105 cm³/mol. The third-order valence-corrected chi connectivity index (χ3v) is 4.66. The van der Waals surface area contributed by atoms with Gasteiger partial charge in [-0.15, -0.1) is 0 Å². The van der Waals surface area contributed by atoms with E-state index >= 15 is 0 Å². The highest BCUT2D eigenvalue weighted by Crippen LogP contribution is 2.24. The number of hydrogen-bond donors (Lipinski definition) is 0. The summed E-state index contributed by atoms with van der Waals surface area (Å²) in [5, 5.41) is 0. The van der Waals surface area contributed by atoms with Crippen molar-refractivity contribution in [2.24, 2.45) is 0 Å². The third kappa shape index (κ3) is 5.07. The van der Waals surface area contributed by atoms with Crippen LogP contribution in [0.25, 0.3) is 0 Å². The van der Waals surface area contributed by atoms with Gasteiger partial charge in [-0.05, 0) is 48.8 Å². The molecule has 0 fully saturated rings. The molecule has 0 bridgehead atoms. The second kappa shape index (κ2) is 8.99. The molecule has 2 rings (SSSR count). The molecule has 2 aromatic rings. The van der Waals surface area contributed by atoms with Crippen LogP contribution in [0.15, 0.2) is 58.1 Å². The molecule has 0 radical (unpaired) electrons. The summed E-state index contributed by atoms with van der Waals surface area (Å²) in [4.78, 5) is 14.6. The van der Waals surface area contributed by atoms with E-state index in [2.05, 4.69) is 22.5 Å². The smallest absolute Gasteiger partial charge is 0.270 e. The topological polar surface area (TPSA) is 34.5 Å². The number of pyridine rings is 1. The van der Waals surface area contributed by atoms with Gasteiger partial charge in [-0.1, -0.05) is 12.7 Å². The lowest BCUT2D eigenvalue weighted by molar-refractivity contribution is 0.293. The molecule has 1 aromatic carbocycles. The van der Waals surface area contributed by atoms with Gasteiger partial charge in [0.25, 0.3) is 5.56 Å². The number of aryl methyl sites for hydroxylation is 1. The molecule has 4 nitrogen and oxygen atoms in total. The van der Waals surface area contributed by atoms with Gasteiger partial charge in [0.05, 0.1) is 0 Å². The van der Waals surface area contributed by atoms with Crippen LogP contribution in [0.4, 0.5) is 8.78 Å². The number of ether oxygens (including phenoxy) is 1. The van der Waals surface area contributed by atoms with Crippen molar-refractivity contribution in [1.29, 1.82) is 0 Å². The van der Waals surface area contributed by atoms with Crippen molar-refractivity contribution in [3.8, 4) is 5.75 Å². The Kier molecular flexibility index (Phi) is 6.96. The van der Waals surface area contributed by atoms with Gasteiger partial charge < -0.3 is 9.64 Å². The zero-order chi connectivity index (χ0) is 20.1. The predicted octanol–water partition coefficient (Wildman–Crippen LogP) is 5.10. The lowest BCUT2D eigenvalue weighted by atomic mass is 10.2. The maximum absolute atomic E-state index is 13.8. The molecule has 7 heteroatoms. The number of allylic oxidation sites excluding steroid dienone is 2. The minimum absolute atomic E-state index is 0.121. The van der Waals surface area contributed by atoms with Crippen LogP contribution in [0, 0.1) is 18.6 Å². The Balaban J connectivity index is 2.28. The Bertz CT molecular complexity index is 938. The minimum Gasteiger partial charge on any atom is -0.487 e. The molecule has 1 heterocycles. The standard InChI is InChI=1S/C20H21BrF2N2O2/c1-5-8-24(13(2)3)12-25-14(4)9-18(19(21)20(25)26)27-11-15-6-7-16(22)10-17(15)23/h5-10H,2,11-12H2,1,3-4H3/b8-5-. The Morgan fingerprint density at radius 3 is 2.67 bits per heavy atom. The number of hydrogen-bond acceptors (Lipinski definition) is 3. The van der Waals surface area contributed by atoms with Crippen LogP contribution in [0.2, 0.25) is 0 Å². The Morgan fingerprint density at radius 2 is 2.07 bits per heavy atom. The lowest BCUT2D eigenvalue weighted by Crippen LogP contribution is -2.30. The summed E-state index contributed by atoms with van der Waals surface area (Å²) < 4.78 is 34.1. The van der Waals surface area contributed by atoms with E-state index in [0.29, 0.717) is 18.1 Å². The highest BCUT2D eigenvalue weighted by molar-refractivity contribution is 9.10. The number of nitrogens with zero attached hydrogens (tertiary/aromatic N) is 2. The van der Waals surface area contributed by atoms with Crippen molar-refractivity contribution in [2.75, 3.05) is 0 Å². The van der Waals surface area contributed by atoms with Gasteiger partial charge in [0.15, 0.2) is 0 Å². The molecule has 0 aliphatic heterocycles. The van der Waals surface area contributed by atoms with E-state index in [4.69, 9.17) is 4.74 Å². The molecule has 144 valence electrons. The number of benzene rings is 1. The Labute approximate surface area is 165 Å². The van der Waals surface area contributed by atoms with Gasteiger partial charge in [-0.25, -0.2) is 8.78 Å². The first-order valence-corrected chi connectivity index (χ1v) is 9.05. The first kappa shape index (κ1) is 20.9. The monoisotopic (exact) mass is 438 g/mol. The fraction of sp³-hybridized carbons (Fsp3) is 0.250. The second-order valence-electron chi connectivity index (χ2n) is 6.05. The zero-order valence-electron chi connectivity index (χ0n) is 15.4. The molecule has 0 atom stereocenters. The van der Waals surface area contributed by atoms with Crippen LogP contribution in [0.3, 0.4) is 0 Å². The van der Waals surface area contributed by atoms with Crippen molar-refractivity contribution in [2.45, 2.75) is 34.0 Å². The molecule has 0 aliphatic carbocycles. The Hall–Kier alpha value is -2.41. The minimum atomic E-state index is -0.695. The van der Waals surface area contributed by atoms with Crippen molar-refractivity contribution in [3.63, 3.8) is 0 Å². The van der Waals surface area contributed by atoms with Crippen LogP contribution in [0.5, 0.6) is 5.75 Å². The summed E-state index contributed by atoms with van der Waals surface area (Å²) in [6.07, 6.45) is 3.70. The maximum atomic E-state index is 13.8. The molecule has 0 spiro atoms. The van der Waals surface area contributed by atoms with Crippen LogP contribution in [-0.2, 0) is 13.3 Å². The number of rotatable bonds is 7. The largest absolute Gasteiger partial charge is 0.487 e. The summed E-state index contributed by atoms with van der Waals surface area (Å²) in [7, 11) is 0. The van der Waals surface area contributed by atoms with E-state index in [9.17, 15) is 13.6 Å². The molecule has 27 heavy (non-hydrogen) atoms. The van der Waals surface area contributed by atoms with Gasteiger partial charge in [0.1, 0.15) is 35.1 Å². The first-order valence-electron chi connectivity index (χ1n) is 8.26. The van der Waals surface area contributed by atoms with Crippen molar-refractivity contribution < 1.29 is 13.5 Å². The van der Waals surface area contributed by atoms with Crippen LogP contribution < -0.4 is 10.3 Å². The van der Waals surface area contributed by atoms with Gasteiger partial charge in [-0.3, -0.25) is 9.36 Å². The molecular weight excluding hydrogens is 418 g/mol. The summed E-state index contributed by atoms with van der Waals surface area (Å²) in [5.74, 6) is -1.05. The zero-order valence-corrected chi connectivity index (χ0v) is 17.0. The maximum Gasteiger partial charge on any atom is 0.270 e. The fourth-order valence-electron chi connectivity index (χ4n) is 2.42. The van der Waals surface area contributed by atoms with E-state index in [1.807, 2.05) is 31.0 Å². The molecule has 0 saturated carbocycles. The number of halogens is 3. The summed E-state index contributed by atoms with van der Waals surface area (Å²) in [6.45, 7) is 9.60. The van der Waals surface area contributed by atoms with Crippen molar-refractivity contribution in [1.82, 2.24) is 9.47 Å². The first-order chi connectivity index (χ1) is 12.7. The molecule has 0 aliphatic rings. The van der Waals surface area contributed by atoms with Gasteiger partial charge in [0.2, 0.25) is 0 Å². The lowest BCUT2D eigenvalue weighted by Gasteiger charge is -2.23. The highest BCUT2D eigenvalue weighted by atomic mass is 79.9. The SMILES string of the molecule is C=C(C)N(/C=C\C)Cn1c(C)cc(OCc2ccc(F)cc2F)c(Br)c1=O. The molecule has 0 saturated heterocycles. The van der Waals surface area contributed by atoms with Crippen molar-refractivity contribution in [3.05, 3.63) is 86.5 Å². The molecule has 0 unspecified atom stereocenters. The quantitative estimate of drug-likeness (QED) is 0.602. The van der Waals surface area contributed by atoms with Crippen LogP contribution >= 0.6 is 15.9 Å². The normalized spacial score (nSPS) is 11.0. The number of aromatic nitrogens is 1. The van der Waals surface area contributed by atoms with Gasteiger partial charge >= 0.3 is 0 Å². The van der Waals surface area contributed by atoms with Gasteiger partial charge in [-0.2, -0.15) is 0 Å². The average Bonchev–Trinajstić information content (AvgIpc) is 2.60. The van der Waals surface area contributed by atoms with Crippen molar-refractivity contribution >= 4 is 15.9 Å². The van der Waals surface area contributed by atoms with Crippen LogP contribution in [0.1, 0.15) is 25.1 Å². The van der Waals surface area contributed by atoms with Gasteiger partial charge in [0, 0.05) is 35.3 Å². The van der Waals surface area contributed by atoms with Crippen LogP contribution in [-0.4, -0.2) is 9.47 Å². The molecule has 0 amide bonds. The molecule has 0 N–H and O–H groups in total. The molecule has 1 aromatic heterocycles. The fourth-order valence-corrected chi connectivity index (χ4v) is 2.86. The third-order valence-electron chi connectivity index (χ3n) is 3.93. The summed E-state index contributed by atoms with van der Waals surface area (Å²) in [6, 6.07) is 4.96. The van der Waals surface area contributed by atoms with E-state index in [1.165, 1.54) is 6.07 Å². The van der Waals surface area contributed by atoms with E-state index in [1.54, 1.807) is 17.6 Å². The average molecular weight is 439 g/mol. The summed E-state index contributed by atoms with van der Waals surface area (Å²) in [5.41, 5.74) is 1.39. The highest BCUT2D eigenvalue weighted by Gasteiger charge is 2.15. The van der Waals surface area contributed by atoms with E-state index in [-0.39, 0.29) is 22.2 Å². The Morgan fingerprint density at radius 1 is 1.37 bits per heavy atom. The van der Waals surface area contributed by atoms with E-state index < -0.39 is 11.6 Å². The van der Waals surface area contributed by atoms with E-state index in [0.717, 1.165) is 17.8 Å². The second-order valence-corrected chi connectivity index (χ2v) is 6.84. The molecular formula is C20H21BrF2N2O2.